The molecule has 3 nitrogen and oxygen atoms in total. The second-order valence-electron chi connectivity index (χ2n) is 2.32. The molecule has 0 aliphatic rings. The molecule has 5 heteroatoms. The van der Waals surface area contributed by atoms with E-state index in [1.165, 1.54) is 18.2 Å². The summed E-state index contributed by atoms with van der Waals surface area (Å²) in [7, 11) is -4.78. The van der Waals surface area contributed by atoms with Crippen LogP contribution in [0.3, 0.4) is 0 Å². The molecule has 0 heterocycles. The van der Waals surface area contributed by atoms with E-state index in [-0.39, 0.29) is 5.56 Å². The van der Waals surface area contributed by atoms with Crippen molar-refractivity contribution in [2.75, 3.05) is 0 Å². The third kappa shape index (κ3) is 2.41. The smallest absolute Gasteiger partial charge is 0.289 e. The van der Waals surface area contributed by atoms with Crippen LogP contribution in [0.5, 0.6) is 0 Å². The van der Waals surface area contributed by atoms with Crippen LogP contribution in [0.15, 0.2) is 29.2 Å². The fourth-order valence-electron chi connectivity index (χ4n) is 0.890. The van der Waals surface area contributed by atoms with Crippen molar-refractivity contribution < 1.29 is 17.1 Å². The molecule has 1 rings (SSSR count). The lowest BCUT2D eigenvalue weighted by Gasteiger charge is -1.96. The fraction of sp³-hybridized carbons (Fsp3) is 0. The van der Waals surface area contributed by atoms with E-state index < -0.39 is 15.1 Å². The summed E-state index contributed by atoms with van der Waals surface area (Å²) in [5.41, 5.74) is -0.0258. The first-order chi connectivity index (χ1) is 6.55. The summed E-state index contributed by atoms with van der Waals surface area (Å²) in [5, 5.41) is 0. The van der Waals surface area contributed by atoms with Gasteiger partial charge in [0, 0.05) is 5.56 Å². The molecule has 0 aliphatic heterocycles. The number of aldehydes is 1. The Bertz CT molecular complexity index is 508. The molecule has 14 heavy (non-hydrogen) atoms. The van der Waals surface area contributed by atoms with Crippen LogP contribution in [0.1, 0.15) is 5.56 Å². The van der Waals surface area contributed by atoms with E-state index in [9.17, 15) is 17.1 Å². The molecule has 0 bridgehead atoms. The van der Waals surface area contributed by atoms with Crippen LogP contribution in [-0.2, 0) is 15.0 Å². The first-order valence-corrected chi connectivity index (χ1v) is 4.93. The van der Waals surface area contributed by atoms with Gasteiger partial charge in [0.25, 0.3) is 0 Å². The van der Waals surface area contributed by atoms with Crippen LogP contribution >= 0.6 is 0 Å². The highest BCUT2D eigenvalue weighted by Gasteiger charge is 2.14. The van der Waals surface area contributed by atoms with E-state index in [4.69, 9.17) is 0 Å². The minimum atomic E-state index is -4.78. The van der Waals surface area contributed by atoms with Crippen molar-refractivity contribution in [3.05, 3.63) is 29.8 Å². The predicted molar refractivity (Wildman–Crippen MR) is 47.7 cm³/mol. The lowest BCUT2D eigenvalue weighted by molar-refractivity contribution is -0.103. The van der Waals surface area contributed by atoms with Crippen molar-refractivity contribution in [3.63, 3.8) is 0 Å². The number of benzene rings is 1. The second kappa shape index (κ2) is 4.03. The summed E-state index contributed by atoms with van der Waals surface area (Å²) in [5.74, 6) is 4.25. The third-order valence-corrected chi connectivity index (χ3v) is 2.30. The Kier molecular flexibility index (Phi) is 2.99. The maximum Gasteiger partial charge on any atom is 0.333 e. The molecule has 0 spiro atoms. The average Bonchev–Trinajstić information content (AvgIpc) is 2.14. The monoisotopic (exact) mass is 212 g/mol. The Balaban J connectivity index is 3.38. The largest absolute Gasteiger partial charge is 0.333 e. The zero-order chi connectivity index (χ0) is 10.6. The maximum atomic E-state index is 12.6. The van der Waals surface area contributed by atoms with Crippen LogP contribution in [0.2, 0.25) is 0 Å². The lowest BCUT2D eigenvalue weighted by Crippen LogP contribution is -1.95. The molecular weight excluding hydrogens is 207 g/mol. The molecule has 72 valence electrons. The quantitative estimate of drug-likeness (QED) is 0.394. The summed E-state index contributed by atoms with van der Waals surface area (Å²) in [6, 6.07) is 5.29. The van der Waals surface area contributed by atoms with Gasteiger partial charge in [-0.15, -0.1) is 3.89 Å². The van der Waals surface area contributed by atoms with Gasteiger partial charge in [0.05, 0.1) is 0 Å². The summed E-state index contributed by atoms with van der Waals surface area (Å²) < 4.78 is 33.8. The van der Waals surface area contributed by atoms with E-state index >= 15 is 0 Å². The van der Waals surface area contributed by atoms with Gasteiger partial charge in [-0.25, -0.2) is 0 Å². The number of rotatable bonds is 1. The molecule has 0 radical (unpaired) electrons. The van der Waals surface area contributed by atoms with Crippen molar-refractivity contribution in [1.29, 1.82) is 0 Å². The van der Waals surface area contributed by atoms with E-state index in [1.807, 2.05) is 5.92 Å². The van der Waals surface area contributed by atoms with Gasteiger partial charge in [-0.2, -0.15) is 8.42 Å². The summed E-state index contributed by atoms with van der Waals surface area (Å²) in [6.45, 7) is 0. The summed E-state index contributed by atoms with van der Waals surface area (Å²) >= 11 is 0. The molecule has 0 fully saturated rings. The van der Waals surface area contributed by atoms with Gasteiger partial charge >= 0.3 is 10.2 Å². The molecule has 0 unspecified atom stereocenters. The molecule has 0 N–H and O–H groups in total. The van der Waals surface area contributed by atoms with E-state index in [0.29, 0.717) is 6.29 Å². The molecule has 0 aromatic heterocycles. The molecule has 0 saturated heterocycles. The molecule has 1 aromatic rings. The third-order valence-electron chi connectivity index (χ3n) is 1.42. The highest BCUT2D eigenvalue weighted by Crippen LogP contribution is 2.16. The van der Waals surface area contributed by atoms with E-state index in [0.717, 1.165) is 6.07 Å². The highest BCUT2D eigenvalue weighted by molar-refractivity contribution is 7.86. The zero-order valence-corrected chi connectivity index (χ0v) is 7.71. The van der Waals surface area contributed by atoms with Gasteiger partial charge in [0.1, 0.15) is 4.90 Å². The minimum Gasteiger partial charge on any atom is -0.289 e. The van der Waals surface area contributed by atoms with Crippen molar-refractivity contribution in [2.45, 2.75) is 4.90 Å². The summed E-state index contributed by atoms with van der Waals surface area (Å²) in [4.78, 5) is 9.40. The van der Waals surface area contributed by atoms with Crippen LogP contribution in [0, 0.1) is 11.8 Å². The Morgan fingerprint density at radius 3 is 2.50 bits per heavy atom. The fourth-order valence-corrected chi connectivity index (χ4v) is 1.51. The first kappa shape index (κ1) is 10.4. The zero-order valence-electron chi connectivity index (χ0n) is 6.90. The van der Waals surface area contributed by atoms with Gasteiger partial charge in [-0.3, -0.25) is 4.79 Å². The maximum absolute atomic E-state index is 12.6. The SMILES string of the molecule is O=CC#Cc1ccccc1S(=O)(=O)F. The topological polar surface area (TPSA) is 51.2 Å². The second-order valence-corrected chi connectivity index (χ2v) is 3.64. The van der Waals surface area contributed by atoms with Crippen LogP contribution in [0.4, 0.5) is 3.89 Å². The number of hydrogen-bond donors (Lipinski definition) is 0. The molecular formula is C9H5FO3S. The number of carbonyl (C=O) groups is 1. The normalized spacial score (nSPS) is 10.1. The number of halogens is 1. The lowest BCUT2D eigenvalue weighted by atomic mass is 10.2. The molecule has 0 aliphatic carbocycles. The van der Waals surface area contributed by atoms with Gasteiger partial charge in [0.2, 0.25) is 0 Å². The average molecular weight is 212 g/mol. The highest BCUT2D eigenvalue weighted by atomic mass is 32.3. The summed E-state index contributed by atoms with van der Waals surface area (Å²) in [6.07, 6.45) is 0.307. The predicted octanol–water partition coefficient (Wildman–Crippen LogP) is 0.895. The van der Waals surface area contributed by atoms with Crippen LogP contribution < -0.4 is 0 Å². The number of hydrogen-bond acceptors (Lipinski definition) is 3. The van der Waals surface area contributed by atoms with Gasteiger partial charge in [-0.1, -0.05) is 18.1 Å². The Hall–Kier alpha value is -1.67. The van der Waals surface area contributed by atoms with E-state index in [1.54, 1.807) is 0 Å². The minimum absolute atomic E-state index is 0.0258. The molecule has 0 amide bonds. The number of carbonyl (C=O) groups excluding carboxylic acids is 1. The molecule has 1 aromatic carbocycles. The van der Waals surface area contributed by atoms with Gasteiger partial charge < -0.3 is 0 Å². The molecule has 0 atom stereocenters. The van der Waals surface area contributed by atoms with Crippen LogP contribution in [0.25, 0.3) is 0 Å². The van der Waals surface area contributed by atoms with Crippen molar-refractivity contribution in [2.24, 2.45) is 0 Å². The van der Waals surface area contributed by atoms with Crippen molar-refractivity contribution in [3.8, 4) is 11.8 Å². The first-order valence-electron chi connectivity index (χ1n) is 3.54. The van der Waals surface area contributed by atoms with Gasteiger partial charge in [-0.05, 0) is 18.1 Å². The van der Waals surface area contributed by atoms with Gasteiger partial charge in [0.15, 0.2) is 6.29 Å². The van der Waals surface area contributed by atoms with Crippen molar-refractivity contribution in [1.82, 2.24) is 0 Å². The van der Waals surface area contributed by atoms with Crippen LogP contribution in [-0.4, -0.2) is 14.7 Å². The molecule has 0 saturated carbocycles. The standard InChI is InChI=1S/C9H5FO3S/c10-14(12,13)9-6-2-1-4-8(9)5-3-7-11/h1-2,4,6-7H. The Labute approximate surface area is 80.8 Å². The Morgan fingerprint density at radius 2 is 1.93 bits per heavy atom. The Morgan fingerprint density at radius 1 is 1.29 bits per heavy atom. The van der Waals surface area contributed by atoms with E-state index in [2.05, 4.69) is 5.92 Å². The van der Waals surface area contributed by atoms with Crippen molar-refractivity contribution >= 4 is 16.5 Å².